The van der Waals surface area contributed by atoms with Crippen molar-refractivity contribution < 1.29 is 63.7 Å². The Morgan fingerprint density at radius 2 is 1.37 bits per heavy atom. The van der Waals surface area contributed by atoms with Gasteiger partial charge in [-0.25, -0.2) is 4.79 Å². The van der Waals surface area contributed by atoms with Gasteiger partial charge in [-0.2, -0.15) is 39.5 Å². The van der Waals surface area contributed by atoms with Crippen LogP contribution >= 0.6 is 0 Å². The molecule has 1 amide bonds. The zero-order valence-corrected chi connectivity index (χ0v) is 19.3. The van der Waals surface area contributed by atoms with Crippen molar-refractivity contribution in [3.05, 3.63) is 59.7 Å². The van der Waals surface area contributed by atoms with Gasteiger partial charge in [-0.3, -0.25) is 4.79 Å². The summed E-state index contributed by atoms with van der Waals surface area (Å²) in [5.41, 5.74) is -12.4. The SMILES string of the molecule is CCOc1ccccc1C(=O)NC(Nc1ccc([C@](O)(C(=O)OC)C(F)(F)F)cc1)(C(F)(F)F)C(F)(F)F. The number of ether oxygens (including phenoxy) is 2. The lowest BCUT2D eigenvalue weighted by atomic mass is 9.92. The molecule has 2 rings (SSSR count). The number of aliphatic hydroxyl groups is 1. The average molecular weight is 562 g/mol. The average Bonchev–Trinajstić information content (AvgIpc) is 2.81. The molecule has 0 radical (unpaired) electrons. The zero-order chi connectivity index (χ0) is 29.2. The monoisotopic (exact) mass is 562 g/mol. The van der Waals surface area contributed by atoms with E-state index in [0.29, 0.717) is 19.2 Å². The second-order valence-corrected chi connectivity index (χ2v) is 7.53. The first-order valence-corrected chi connectivity index (χ1v) is 10.3. The number of amides is 1. The summed E-state index contributed by atoms with van der Waals surface area (Å²) in [4.78, 5) is 24.2. The van der Waals surface area contributed by atoms with Crippen molar-refractivity contribution in [1.29, 1.82) is 0 Å². The van der Waals surface area contributed by atoms with Crippen molar-refractivity contribution >= 4 is 17.6 Å². The van der Waals surface area contributed by atoms with Gasteiger partial charge in [-0.1, -0.05) is 24.3 Å². The number of alkyl halides is 9. The molecule has 3 N–H and O–H groups in total. The number of carbonyl (C=O) groups is 2. The van der Waals surface area contributed by atoms with E-state index in [4.69, 9.17) is 4.74 Å². The Kier molecular flexibility index (Phi) is 8.51. The summed E-state index contributed by atoms with van der Waals surface area (Å²) < 4.78 is 133. The molecule has 0 fully saturated rings. The fraction of sp³-hybridized carbons (Fsp3) is 0.364. The first-order valence-electron chi connectivity index (χ1n) is 10.3. The van der Waals surface area contributed by atoms with Crippen LogP contribution in [0.15, 0.2) is 48.5 Å². The van der Waals surface area contributed by atoms with Gasteiger partial charge in [0.15, 0.2) is 0 Å². The normalized spacial score (nSPS) is 14.3. The molecule has 0 bridgehead atoms. The maximum atomic E-state index is 14.0. The van der Waals surface area contributed by atoms with Gasteiger partial charge in [0.05, 0.1) is 19.3 Å². The molecule has 38 heavy (non-hydrogen) atoms. The molecule has 210 valence electrons. The molecule has 0 saturated carbocycles. The van der Waals surface area contributed by atoms with Crippen LogP contribution in [0.2, 0.25) is 0 Å². The second kappa shape index (κ2) is 10.6. The molecule has 0 saturated heterocycles. The topological polar surface area (TPSA) is 96.9 Å². The van der Waals surface area contributed by atoms with Crippen molar-refractivity contribution in [3.63, 3.8) is 0 Å². The number of methoxy groups -OCH3 is 1. The predicted molar refractivity (Wildman–Crippen MR) is 112 cm³/mol. The van der Waals surface area contributed by atoms with E-state index < -0.39 is 58.5 Å². The van der Waals surface area contributed by atoms with E-state index in [-0.39, 0.29) is 24.5 Å². The highest BCUT2D eigenvalue weighted by Crippen LogP contribution is 2.45. The molecule has 0 aliphatic heterocycles. The summed E-state index contributed by atoms with van der Waals surface area (Å²) in [6.07, 6.45) is -18.2. The lowest BCUT2D eigenvalue weighted by Gasteiger charge is -2.39. The quantitative estimate of drug-likeness (QED) is 0.246. The van der Waals surface area contributed by atoms with E-state index in [2.05, 4.69) is 4.74 Å². The van der Waals surface area contributed by atoms with Crippen LogP contribution in [0.3, 0.4) is 0 Å². The number of anilines is 1. The number of nitrogens with one attached hydrogen (secondary N) is 2. The maximum Gasteiger partial charge on any atom is 0.439 e. The Bertz CT molecular complexity index is 1130. The van der Waals surface area contributed by atoms with Crippen molar-refractivity contribution in [3.8, 4) is 5.75 Å². The molecule has 0 aromatic heterocycles. The summed E-state index contributed by atoms with van der Waals surface area (Å²) in [5.74, 6) is -4.36. The first kappa shape index (κ1) is 30.5. The molecule has 0 aliphatic carbocycles. The fourth-order valence-electron chi connectivity index (χ4n) is 3.20. The fourth-order valence-corrected chi connectivity index (χ4v) is 3.20. The Balaban J connectivity index is 2.58. The number of hydrogen-bond acceptors (Lipinski definition) is 6. The molecular formula is C22H19F9N2O5. The van der Waals surface area contributed by atoms with E-state index in [1.807, 2.05) is 0 Å². The number of para-hydroxylation sites is 1. The van der Waals surface area contributed by atoms with Gasteiger partial charge in [0.2, 0.25) is 0 Å². The van der Waals surface area contributed by atoms with Gasteiger partial charge in [-0.05, 0) is 31.2 Å². The number of halogens is 9. The highest BCUT2D eigenvalue weighted by Gasteiger charge is 2.73. The van der Waals surface area contributed by atoms with Gasteiger partial charge in [0, 0.05) is 11.3 Å². The Morgan fingerprint density at radius 3 is 1.82 bits per heavy atom. The van der Waals surface area contributed by atoms with E-state index in [1.54, 1.807) is 0 Å². The molecule has 0 unspecified atom stereocenters. The number of hydrogen-bond donors (Lipinski definition) is 3. The smallest absolute Gasteiger partial charge is 0.439 e. The van der Waals surface area contributed by atoms with Gasteiger partial charge in [-0.15, -0.1) is 0 Å². The number of rotatable bonds is 8. The molecule has 0 heterocycles. The van der Waals surface area contributed by atoms with Crippen molar-refractivity contribution in [2.45, 2.75) is 36.7 Å². The van der Waals surface area contributed by atoms with Crippen molar-refractivity contribution in [2.24, 2.45) is 0 Å². The van der Waals surface area contributed by atoms with Crippen LogP contribution in [0.4, 0.5) is 45.2 Å². The van der Waals surface area contributed by atoms with E-state index in [1.165, 1.54) is 13.0 Å². The Morgan fingerprint density at radius 1 is 0.842 bits per heavy atom. The van der Waals surface area contributed by atoms with Crippen LogP contribution in [0.1, 0.15) is 22.8 Å². The van der Waals surface area contributed by atoms with Crippen molar-refractivity contribution in [2.75, 3.05) is 19.0 Å². The molecule has 7 nitrogen and oxygen atoms in total. The van der Waals surface area contributed by atoms with Crippen LogP contribution in [0, 0.1) is 0 Å². The van der Waals surface area contributed by atoms with Gasteiger partial charge in [0.1, 0.15) is 5.75 Å². The third kappa shape index (κ3) is 5.58. The second-order valence-electron chi connectivity index (χ2n) is 7.53. The third-order valence-corrected chi connectivity index (χ3v) is 5.11. The van der Waals surface area contributed by atoms with Crippen LogP contribution in [-0.2, 0) is 15.1 Å². The molecule has 0 aliphatic rings. The van der Waals surface area contributed by atoms with E-state index in [0.717, 1.165) is 28.8 Å². The maximum absolute atomic E-state index is 14.0. The summed E-state index contributed by atoms with van der Waals surface area (Å²) in [7, 11) is 0.516. The number of esters is 1. The summed E-state index contributed by atoms with van der Waals surface area (Å²) in [6.45, 7) is 1.38. The molecular weight excluding hydrogens is 543 g/mol. The summed E-state index contributed by atoms with van der Waals surface area (Å²) >= 11 is 0. The van der Waals surface area contributed by atoms with Crippen LogP contribution < -0.4 is 15.4 Å². The number of benzene rings is 2. The van der Waals surface area contributed by atoms with Gasteiger partial charge < -0.3 is 25.2 Å². The Labute approximate surface area is 208 Å². The molecule has 0 spiro atoms. The van der Waals surface area contributed by atoms with Crippen molar-refractivity contribution in [1.82, 2.24) is 5.32 Å². The van der Waals surface area contributed by atoms with E-state index >= 15 is 0 Å². The number of carbonyl (C=O) groups excluding carboxylic acids is 2. The highest BCUT2D eigenvalue weighted by molar-refractivity contribution is 5.97. The summed E-state index contributed by atoms with van der Waals surface area (Å²) in [5, 5.41) is 11.9. The van der Waals surface area contributed by atoms with Gasteiger partial charge in [0.25, 0.3) is 11.5 Å². The molecule has 1 atom stereocenters. The Hall–Kier alpha value is -3.69. The minimum absolute atomic E-state index is 0.0750. The summed E-state index contributed by atoms with van der Waals surface area (Å²) in [6, 6.07) is 5.66. The lowest BCUT2D eigenvalue weighted by molar-refractivity contribution is -0.294. The molecule has 2 aromatic carbocycles. The van der Waals surface area contributed by atoms with Crippen LogP contribution in [-0.4, -0.2) is 54.9 Å². The minimum atomic E-state index is -6.25. The zero-order valence-electron chi connectivity index (χ0n) is 19.3. The highest BCUT2D eigenvalue weighted by atomic mass is 19.4. The standard InChI is InChI=1S/C22H19F9N2O5/c1-3-38-15-7-5-4-6-14(15)16(34)33-19(21(26,27)28,22(29,30)31)32-13-10-8-12(9-11-13)18(36,17(35)37-2)20(23,24)25/h4-11,32,36H,3H2,1-2H3,(H,33,34)/t18-/m0/s1. The first-order chi connectivity index (χ1) is 17.4. The van der Waals surface area contributed by atoms with Gasteiger partial charge >= 0.3 is 30.2 Å². The van der Waals surface area contributed by atoms with Crippen LogP contribution in [0.5, 0.6) is 5.75 Å². The third-order valence-electron chi connectivity index (χ3n) is 5.11. The molecule has 16 heteroatoms. The lowest BCUT2D eigenvalue weighted by Crippen LogP contribution is -2.72. The molecule has 2 aromatic rings. The largest absolute Gasteiger partial charge is 0.493 e. The predicted octanol–water partition coefficient (Wildman–Crippen LogP) is 4.67. The minimum Gasteiger partial charge on any atom is -0.493 e. The van der Waals surface area contributed by atoms with Crippen LogP contribution in [0.25, 0.3) is 0 Å². The van der Waals surface area contributed by atoms with E-state index in [9.17, 15) is 54.2 Å².